The first kappa shape index (κ1) is 21.5. The number of hydrazone groups is 1. The molecule has 0 aromatic heterocycles. The highest BCUT2D eigenvalue weighted by Gasteiger charge is 2.47. The van der Waals surface area contributed by atoms with Crippen molar-refractivity contribution in [2.45, 2.75) is 12.1 Å². The molecule has 1 heterocycles. The number of carbonyl (C=O) groups excluding carboxylic acids is 2. The zero-order valence-corrected chi connectivity index (χ0v) is 17.8. The molecule has 1 saturated heterocycles. The fraction of sp³-hybridized carbons (Fsp3) is 0.125. The zero-order chi connectivity index (χ0) is 22.7. The molecule has 162 valence electrons. The van der Waals surface area contributed by atoms with Crippen LogP contribution in [0.1, 0.15) is 27.5 Å². The van der Waals surface area contributed by atoms with Gasteiger partial charge >= 0.3 is 5.91 Å². The molecule has 3 aromatic carbocycles. The largest absolute Gasteiger partial charge is 0.497 e. The number of hydrazine groups is 1. The van der Waals surface area contributed by atoms with E-state index >= 15 is 0 Å². The van der Waals surface area contributed by atoms with Gasteiger partial charge in [-0.25, -0.2) is 4.39 Å². The molecule has 1 fully saturated rings. The van der Waals surface area contributed by atoms with Gasteiger partial charge in [-0.1, -0.05) is 23.7 Å². The zero-order valence-electron chi connectivity index (χ0n) is 17.1. The lowest BCUT2D eigenvalue weighted by Gasteiger charge is -2.15. The first-order chi connectivity index (χ1) is 15.4. The molecule has 1 aliphatic heterocycles. The van der Waals surface area contributed by atoms with Crippen LogP contribution >= 0.6 is 11.6 Å². The second kappa shape index (κ2) is 9.20. The SMILES string of the molecule is COc1ccc(C(=O)N[C@@H]2C(=O)N/[N+](=C\c3ccc(F)cc3)[C@@H]2c2ccc(Cl)cc2)cc1. The highest BCUT2D eigenvalue weighted by Crippen LogP contribution is 2.27. The minimum atomic E-state index is -0.873. The Bertz CT molecular complexity index is 1160. The van der Waals surface area contributed by atoms with E-state index in [4.69, 9.17) is 16.3 Å². The third-order valence-electron chi connectivity index (χ3n) is 5.15. The number of benzene rings is 3. The Balaban J connectivity index is 1.67. The van der Waals surface area contributed by atoms with Crippen LogP contribution < -0.4 is 15.5 Å². The second-order valence-electron chi connectivity index (χ2n) is 7.24. The number of amides is 2. The van der Waals surface area contributed by atoms with Crippen molar-refractivity contribution >= 4 is 29.6 Å². The average molecular weight is 453 g/mol. The second-order valence-corrected chi connectivity index (χ2v) is 7.68. The van der Waals surface area contributed by atoms with E-state index < -0.39 is 18.0 Å². The average Bonchev–Trinajstić information content (AvgIpc) is 3.10. The van der Waals surface area contributed by atoms with Gasteiger partial charge in [-0.3, -0.25) is 9.59 Å². The third kappa shape index (κ3) is 4.63. The number of methoxy groups -OCH3 is 1. The molecule has 0 unspecified atom stereocenters. The van der Waals surface area contributed by atoms with Gasteiger partial charge in [-0.15, -0.1) is 10.1 Å². The maximum Gasteiger partial charge on any atom is 0.304 e. The Morgan fingerprint density at radius 3 is 2.34 bits per heavy atom. The fourth-order valence-electron chi connectivity index (χ4n) is 3.52. The number of nitrogens with zero attached hydrogens (tertiary/aromatic N) is 1. The number of carbonyl (C=O) groups is 2. The maximum absolute atomic E-state index is 13.3. The van der Waals surface area contributed by atoms with E-state index in [1.54, 1.807) is 78.7 Å². The number of hydrogen-bond acceptors (Lipinski definition) is 3. The van der Waals surface area contributed by atoms with Crippen LogP contribution in [-0.4, -0.2) is 35.9 Å². The topological polar surface area (TPSA) is 70.4 Å². The summed E-state index contributed by atoms with van der Waals surface area (Å²) in [7, 11) is 1.54. The third-order valence-corrected chi connectivity index (χ3v) is 5.40. The lowest BCUT2D eigenvalue weighted by Crippen LogP contribution is -2.42. The van der Waals surface area contributed by atoms with Gasteiger partial charge < -0.3 is 10.1 Å². The summed E-state index contributed by atoms with van der Waals surface area (Å²) in [6.45, 7) is 0. The number of halogens is 2. The van der Waals surface area contributed by atoms with Crippen LogP contribution in [0.3, 0.4) is 0 Å². The molecule has 4 rings (SSSR count). The smallest absolute Gasteiger partial charge is 0.304 e. The number of ether oxygens (including phenoxy) is 1. The van der Waals surface area contributed by atoms with E-state index in [9.17, 15) is 14.0 Å². The lowest BCUT2D eigenvalue weighted by atomic mass is 9.99. The normalized spacial score (nSPS) is 19.0. The van der Waals surface area contributed by atoms with Crippen LogP contribution in [0.2, 0.25) is 5.02 Å². The predicted octanol–water partition coefficient (Wildman–Crippen LogP) is 3.50. The summed E-state index contributed by atoms with van der Waals surface area (Å²) in [6.07, 6.45) is 1.69. The first-order valence-corrected chi connectivity index (χ1v) is 10.2. The van der Waals surface area contributed by atoms with Crippen LogP contribution in [0.25, 0.3) is 0 Å². The molecule has 2 amide bonds. The minimum Gasteiger partial charge on any atom is -0.497 e. The Kier molecular flexibility index (Phi) is 6.18. The van der Waals surface area contributed by atoms with E-state index in [2.05, 4.69) is 10.7 Å². The molecular weight excluding hydrogens is 433 g/mol. The van der Waals surface area contributed by atoms with Gasteiger partial charge in [0.15, 0.2) is 6.04 Å². The van der Waals surface area contributed by atoms with E-state index in [1.807, 2.05) is 0 Å². The monoisotopic (exact) mass is 452 g/mol. The molecule has 2 atom stereocenters. The van der Waals surface area contributed by atoms with Crippen molar-refractivity contribution in [2.24, 2.45) is 0 Å². The number of hydrogen-bond donors (Lipinski definition) is 2. The van der Waals surface area contributed by atoms with E-state index in [1.165, 1.54) is 12.1 Å². The van der Waals surface area contributed by atoms with Gasteiger partial charge in [0, 0.05) is 21.7 Å². The van der Waals surface area contributed by atoms with Gasteiger partial charge in [0.05, 0.1) is 7.11 Å². The van der Waals surface area contributed by atoms with Crippen LogP contribution in [-0.2, 0) is 4.79 Å². The van der Waals surface area contributed by atoms with E-state index in [-0.39, 0.29) is 11.7 Å². The molecule has 1 aliphatic rings. The van der Waals surface area contributed by atoms with Crippen molar-refractivity contribution in [3.8, 4) is 5.75 Å². The summed E-state index contributed by atoms with van der Waals surface area (Å²) in [5.74, 6) is -0.494. The van der Waals surface area contributed by atoms with Crippen molar-refractivity contribution in [1.82, 2.24) is 10.7 Å². The Morgan fingerprint density at radius 2 is 1.72 bits per heavy atom. The van der Waals surface area contributed by atoms with Gasteiger partial charge in [0.1, 0.15) is 11.6 Å². The summed E-state index contributed by atoms with van der Waals surface area (Å²) < 4.78 is 20.0. The molecule has 0 spiro atoms. The predicted molar refractivity (Wildman–Crippen MR) is 118 cm³/mol. The molecule has 0 saturated carbocycles. The molecule has 8 heteroatoms. The molecule has 0 bridgehead atoms. The van der Waals surface area contributed by atoms with Crippen molar-refractivity contribution in [3.63, 3.8) is 0 Å². The quantitative estimate of drug-likeness (QED) is 0.582. The number of rotatable bonds is 5. The Labute approximate surface area is 189 Å². The standard InChI is InChI=1S/C24H19ClFN3O3/c1-32-20-12-6-17(7-13-20)23(30)27-21-22(16-4-8-18(25)9-5-16)29(28-24(21)31)14-15-2-10-19(26)11-3-15/h2-14,21-22H,1H3,(H-,27,28,30,31)/p+1/b29-14-/t21-,22+/m0/s1. The van der Waals surface area contributed by atoms with Gasteiger partial charge in [-0.05, 0) is 60.7 Å². The molecular formula is C24H20ClFN3O3+. The molecule has 32 heavy (non-hydrogen) atoms. The van der Waals surface area contributed by atoms with E-state index in [0.29, 0.717) is 21.9 Å². The van der Waals surface area contributed by atoms with Crippen LogP contribution in [0.4, 0.5) is 4.39 Å². The Morgan fingerprint density at radius 1 is 1.06 bits per heavy atom. The highest BCUT2D eigenvalue weighted by atomic mass is 35.5. The molecule has 0 radical (unpaired) electrons. The molecule has 0 aliphatic carbocycles. The summed E-state index contributed by atoms with van der Waals surface area (Å²) in [5.41, 5.74) is 4.64. The van der Waals surface area contributed by atoms with Crippen molar-refractivity contribution in [2.75, 3.05) is 7.11 Å². The summed E-state index contributed by atoms with van der Waals surface area (Å²) >= 11 is 6.03. The van der Waals surface area contributed by atoms with Crippen molar-refractivity contribution in [3.05, 3.63) is 100 Å². The van der Waals surface area contributed by atoms with Crippen LogP contribution in [0.5, 0.6) is 5.75 Å². The van der Waals surface area contributed by atoms with Gasteiger partial charge in [0.2, 0.25) is 12.3 Å². The van der Waals surface area contributed by atoms with Crippen molar-refractivity contribution in [1.29, 1.82) is 0 Å². The minimum absolute atomic E-state index is 0.355. The summed E-state index contributed by atoms with van der Waals surface area (Å²) in [4.78, 5) is 25.7. The van der Waals surface area contributed by atoms with Crippen molar-refractivity contribution < 1.29 is 23.4 Å². The number of nitrogens with one attached hydrogen (secondary N) is 2. The molecule has 6 nitrogen and oxygen atoms in total. The van der Waals surface area contributed by atoms with E-state index in [0.717, 1.165) is 5.56 Å². The maximum atomic E-state index is 13.3. The Hall–Kier alpha value is -3.71. The van der Waals surface area contributed by atoms with Crippen LogP contribution in [0.15, 0.2) is 72.8 Å². The summed E-state index contributed by atoms with van der Waals surface area (Å²) in [5, 5.41) is 3.38. The summed E-state index contributed by atoms with van der Waals surface area (Å²) in [6, 6.07) is 18.1. The highest BCUT2D eigenvalue weighted by molar-refractivity contribution is 6.30. The van der Waals surface area contributed by atoms with Crippen LogP contribution in [0, 0.1) is 5.82 Å². The fourth-order valence-corrected chi connectivity index (χ4v) is 3.64. The lowest BCUT2D eigenvalue weighted by molar-refractivity contribution is -0.596. The van der Waals surface area contributed by atoms with Gasteiger partial charge in [-0.2, -0.15) is 0 Å². The molecule has 3 aromatic rings. The first-order valence-electron chi connectivity index (χ1n) is 9.84. The molecule has 2 N–H and O–H groups in total. The van der Waals surface area contributed by atoms with Gasteiger partial charge in [0.25, 0.3) is 5.91 Å².